The highest BCUT2D eigenvalue weighted by Crippen LogP contribution is 2.23. The summed E-state index contributed by atoms with van der Waals surface area (Å²) in [5.74, 6) is 0.0122. The van der Waals surface area contributed by atoms with Crippen LogP contribution in [0.15, 0.2) is 66.9 Å². The molecule has 0 fully saturated rings. The minimum absolute atomic E-state index is 0.0122. The molecule has 5 heteroatoms. The van der Waals surface area contributed by atoms with Gasteiger partial charge >= 0.3 is 0 Å². The monoisotopic (exact) mass is 368 g/mol. The molecule has 0 bridgehead atoms. The fourth-order valence-corrected chi connectivity index (χ4v) is 3.85. The molecule has 0 aliphatic carbocycles. The summed E-state index contributed by atoms with van der Waals surface area (Å²) < 4.78 is 1.77. The summed E-state index contributed by atoms with van der Waals surface area (Å²) in [6, 6.07) is 20.3. The van der Waals surface area contributed by atoms with Crippen molar-refractivity contribution in [1.82, 2.24) is 19.5 Å². The number of aromatic nitrogens is 3. The van der Waals surface area contributed by atoms with Gasteiger partial charge in [0.05, 0.1) is 17.0 Å². The number of benzene rings is 2. The Hall–Kier alpha value is -3.47. The van der Waals surface area contributed by atoms with E-state index in [9.17, 15) is 4.79 Å². The summed E-state index contributed by atoms with van der Waals surface area (Å²) in [6.07, 6.45) is 2.57. The van der Waals surface area contributed by atoms with Gasteiger partial charge in [-0.3, -0.25) is 4.79 Å². The summed E-state index contributed by atoms with van der Waals surface area (Å²) in [7, 11) is 0. The second kappa shape index (κ2) is 6.60. The number of amides is 1. The lowest BCUT2D eigenvalue weighted by atomic mass is 9.99. The molecule has 0 spiro atoms. The Morgan fingerprint density at radius 1 is 1.00 bits per heavy atom. The minimum Gasteiger partial charge on any atom is -0.334 e. The predicted molar refractivity (Wildman–Crippen MR) is 108 cm³/mol. The quantitative estimate of drug-likeness (QED) is 0.539. The molecule has 2 aromatic heterocycles. The van der Waals surface area contributed by atoms with Gasteiger partial charge in [-0.2, -0.15) is 5.10 Å². The summed E-state index contributed by atoms with van der Waals surface area (Å²) >= 11 is 0. The first kappa shape index (κ1) is 16.7. The zero-order valence-corrected chi connectivity index (χ0v) is 15.7. The summed E-state index contributed by atoms with van der Waals surface area (Å²) in [4.78, 5) is 19.6. The maximum atomic E-state index is 13.2. The minimum atomic E-state index is 0.0122. The summed E-state index contributed by atoms with van der Waals surface area (Å²) in [5.41, 5.74) is 6.61. The van der Waals surface area contributed by atoms with Crippen LogP contribution in [0.2, 0.25) is 0 Å². The van der Waals surface area contributed by atoms with Crippen molar-refractivity contribution < 1.29 is 4.79 Å². The van der Waals surface area contributed by atoms with Gasteiger partial charge in [0.2, 0.25) is 0 Å². The van der Waals surface area contributed by atoms with Crippen LogP contribution >= 0.6 is 0 Å². The maximum absolute atomic E-state index is 13.2. The van der Waals surface area contributed by atoms with Gasteiger partial charge in [-0.1, -0.05) is 54.6 Å². The number of hydrogen-bond acceptors (Lipinski definition) is 3. The van der Waals surface area contributed by atoms with E-state index in [2.05, 4.69) is 23.2 Å². The molecule has 2 aromatic carbocycles. The molecule has 0 radical (unpaired) electrons. The lowest BCUT2D eigenvalue weighted by Gasteiger charge is -2.29. The Bertz CT molecular complexity index is 1180. The first-order chi connectivity index (χ1) is 13.7. The molecule has 0 N–H and O–H groups in total. The van der Waals surface area contributed by atoms with E-state index in [0.29, 0.717) is 12.1 Å². The zero-order valence-electron chi connectivity index (χ0n) is 15.7. The highest BCUT2D eigenvalue weighted by molar-refractivity contribution is 5.95. The van der Waals surface area contributed by atoms with Gasteiger partial charge in [-0.05, 0) is 24.5 Å². The van der Waals surface area contributed by atoms with Crippen LogP contribution in [0, 0.1) is 6.92 Å². The molecule has 4 aromatic rings. The highest BCUT2D eigenvalue weighted by atomic mass is 16.2. The van der Waals surface area contributed by atoms with Crippen molar-refractivity contribution in [2.24, 2.45) is 0 Å². The van der Waals surface area contributed by atoms with Gasteiger partial charge in [-0.25, -0.2) is 9.50 Å². The smallest absolute Gasteiger partial charge is 0.257 e. The fraction of sp³-hybridized carbons (Fsp3) is 0.174. The second-order valence-electron chi connectivity index (χ2n) is 7.17. The molecular weight excluding hydrogens is 348 g/mol. The molecule has 0 atom stereocenters. The van der Waals surface area contributed by atoms with E-state index >= 15 is 0 Å². The third-order valence-corrected chi connectivity index (χ3v) is 5.44. The average Bonchev–Trinajstić information content (AvgIpc) is 3.19. The standard InChI is InChI=1S/C23H20N4O/c1-16-20(23(28)26-12-11-17-7-5-6-10-19(17)15-26)14-24-22-13-21(25-27(16)22)18-8-3-2-4-9-18/h2-10,13-14H,11-12,15H2,1H3. The molecule has 5 rings (SSSR count). The molecule has 28 heavy (non-hydrogen) atoms. The molecular formula is C23H20N4O. The van der Waals surface area contributed by atoms with Crippen LogP contribution in [0.4, 0.5) is 0 Å². The average molecular weight is 368 g/mol. The molecule has 1 aliphatic rings. The topological polar surface area (TPSA) is 50.5 Å². The van der Waals surface area contributed by atoms with Crippen LogP contribution in [0.1, 0.15) is 27.2 Å². The number of carbonyl (C=O) groups is 1. The van der Waals surface area contributed by atoms with Gasteiger partial charge in [0, 0.05) is 30.9 Å². The summed E-state index contributed by atoms with van der Waals surface area (Å²) in [6.45, 7) is 3.30. The first-order valence-corrected chi connectivity index (χ1v) is 9.47. The van der Waals surface area contributed by atoms with Crippen LogP contribution < -0.4 is 0 Å². The van der Waals surface area contributed by atoms with Crippen LogP contribution in [-0.2, 0) is 13.0 Å². The first-order valence-electron chi connectivity index (χ1n) is 9.47. The van der Waals surface area contributed by atoms with Crippen molar-refractivity contribution in [3.05, 3.63) is 89.2 Å². The second-order valence-corrected chi connectivity index (χ2v) is 7.17. The van der Waals surface area contributed by atoms with E-state index in [4.69, 9.17) is 5.10 Å². The van der Waals surface area contributed by atoms with Crippen LogP contribution in [0.3, 0.4) is 0 Å². The molecule has 138 valence electrons. The molecule has 5 nitrogen and oxygen atoms in total. The largest absolute Gasteiger partial charge is 0.334 e. The van der Waals surface area contributed by atoms with Gasteiger partial charge in [0.25, 0.3) is 5.91 Å². The SMILES string of the molecule is Cc1c(C(=O)N2CCc3ccccc3C2)cnc2cc(-c3ccccc3)nn12. The predicted octanol–water partition coefficient (Wildman–Crippen LogP) is 3.90. The Morgan fingerprint density at radius 3 is 2.57 bits per heavy atom. The Kier molecular flexibility index (Phi) is 3.93. The number of fused-ring (bicyclic) bond motifs is 2. The summed E-state index contributed by atoms with van der Waals surface area (Å²) in [5, 5.41) is 4.69. The van der Waals surface area contributed by atoms with Crippen LogP contribution in [0.25, 0.3) is 16.9 Å². The normalized spacial score (nSPS) is 13.5. The Labute approximate surface area is 163 Å². The van der Waals surface area contributed by atoms with Crippen molar-refractivity contribution >= 4 is 11.6 Å². The van der Waals surface area contributed by atoms with E-state index in [-0.39, 0.29) is 5.91 Å². The lowest BCUT2D eigenvalue weighted by molar-refractivity contribution is 0.0732. The van der Waals surface area contributed by atoms with Crippen molar-refractivity contribution in [1.29, 1.82) is 0 Å². The highest BCUT2D eigenvalue weighted by Gasteiger charge is 2.24. The molecule has 0 unspecified atom stereocenters. The Morgan fingerprint density at radius 2 is 1.75 bits per heavy atom. The van der Waals surface area contributed by atoms with Gasteiger partial charge in [0.15, 0.2) is 5.65 Å². The number of hydrogen-bond donors (Lipinski definition) is 0. The van der Waals surface area contributed by atoms with Gasteiger partial charge in [0.1, 0.15) is 0 Å². The molecule has 0 saturated heterocycles. The number of rotatable bonds is 2. The van der Waals surface area contributed by atoms with E-state index in [0.717, 1.165) is 35.6 Å². The Balaban J connectivity index is 1.49. The number of nitrogens with zero attached hydrogens (tertiary/aromatic N) is 4. The van der Waals surface area contributed by atoms with Crippen molar-refractivity contribution in [2.45, 2.75) is 19.9 Å². The maximum Gasteiger partial charge on any atom is 0.257 e. The number of aryl methyl sites for hydroxylation is 1. The van der Waals surface area contributed by atoms with Crippen molar-refractivity contribution in [2.75, 3.05) is 6.54 Å². The molecule has 1 amide bonds. The number of carbonyl (C=O) groups excluding carboxylic acids is 1. The third-order valence-electron chi connectivity index (χ3n) is 5.44. The fourth-order valence-electron chi connectivity index (χ4n) is 3.85. The van der Waals surface area contributed by atoms with Crippen LogP contribution in [0.5, 0.6) is 0 Å². The van der Waals surface area contributed by atoms with Crippen LogP contribution in [-0.4, -0.2) is 31.9 Å². The van der Waals surface area contributed by atoms with Gasteiger partial charge in [-0.15, -0.1) is 0 Å². The third kappa shape index (κ3) is 2.76. The van der Waals surface area contributed by atoms with E-state index < -0.39 is 0 Å². The van der Waals surface area contributed by atoms with Crippen molar-refractivity contribution in [3.63, 3.8) is 0 Å². The zero-order chi connectivity index (χ0) is 19.1. The molecule has 0 saturated carbocycles. The van der Waals surface area contributed by atoms with E-state index in [1.165, 1.54) is 11.1 Å². The van der Waals surface area contributed by atoms with E-state index in [1.54, 1.807) is 10.7 Å². The molecule has 1 aliphatic heterocycles. The van der Waals surface area contributed by atoms with Gasteiger partial charge < -0.3 is 4.90 Å². The molecule has 3 heterocycles. The lowest BCUT2D eigenvalue weighted by Crippen LogP contribution is -2.36. The van der Waals surface area contributed by atoms with Crippen molar-refractivity contribution in [3.8, 4) is 11.3 Å². The van der Waals surface area contributed by atoms with E-state index in [1.807, 2.05) is 54.3 Å².